The quantitative estimate of drug-likeness (QED) is 0.0297. The first-order valence-corrected chi connectivity index (χ1v) is 37.3. The number of hydrogen-bond donors (Lipinski definition) is 15. The van der Waals surface area contributed by atoms with E-state index in [1.54, 1.807) is 77.0 Å². The van der Waals surface area contributed by atoms with Crippen LogP contribution < -0.4 is 65.6 Å². The van der Waals surface area contributed by atoms with Crippen molar-refractivity contribution in [3.63, 3.8) is 0 Å². The Morgan fingerprint density at radius 3 is 1.30 bits per heavy atom. The fourth-order valence-electron chi connectivity index (χ4n) is 12.7. The van der Waals surface area contributed by atoms with E-state index in [4.69, 9.17) is 33.2 Å². The lowest BCUT2D eigenvalue weighted by Gasteiger charge is -2.26. The summed E-state index contributed by atoms with van der Waals surface area (Å²) in [6, 6.07) is 33.1. The van der Waals surface area contributed by atoms with Gasteiger partial charge in [0, 0.05) is 68.3 Å². The molecule has 35 nitrogen and oxygen atoms in total. The molecule has 8 aromatic heterocycles. The maximum atomic E-state index is 14.1. The van der Waals surface area contributed by atoms with Crippen molar-refractivity contribution >= 4 is 102 Å². The zero-order valence-corrected chi connectivity index (χ0v) is 66.5. The number of aromatic nitrogens is 16. The minimum atomic E-state index is -4.71. The van der Waals surface area contributed by atoms with E-state index in [0.717, 1.165) is 65.0 Å². The van der Waals surface area contributed by atoms with Gasteiger partial charge in [-0.05, 0) is 84.8 Å². The number of halogens is 7. The van der Waals surface area contributed by atoms with Crippen LogP contribution in [0.25, 0.3) is 90.2 Å². The van der Waals surface area contributed by atoms with E-state index >= 15 is 0 Å². The average molecular weight is 1710 g/mol. The molecule has 0 unspecified atom stereocenters. The molecule has 42 heteroatoms. The largest absolute Gasteiger partial charge is 0.493 e. The molecule has 15 N–H and O–H groups in total. The predicted octanol–water partition coefficient (Wildman–Crippen LogP) is 15.4. The van der Waals surface area contributed by atoms with Crippen LogP contribution in [0, 0.1) is 30.2 Å². The summed E-state index contributed by atoms with van der Waals surface area (Å²) >= 11 is 0. The highest BCUT2D eigenvalue weighted by Gasteiger charge is 2.33. The minimum Gasteiger partial charge on any atom is -0.493 e. The number of amides is 7. The fourth-order valence-corrected chi connectivity index (χ4v) is 12.7. The van der Waals surface area contributed by atoms with Crippen molar-refractivity contribution in [2.24, 2.45) is 0 Å². The number of para-hydroxylation sites is 1. The third-order valence-electron chi connectivity index (χ3n) is 18.9. The lowest BCUT2D eigenvalue weighted by Crippen LogP contribution is -2.35. The van der Waals surface area contributed by atoms with E-state index in [-0.39, 0.29) is 29.8 Å². The Bertz CT molecular complexity index is 6370. The van der Waals surface area contributed by atoms with E-state index in [0.29, 0.717) is 157 Å². The topological polar surface area (TPSA) is 450 Å². The number of anilines is 6. The van der Waals surface area contributed by atoms with Crippen molar-refractivity contribution in [3.8, 4) is 80.6 Å². The zero-order chi connectivity index (χ0) is 87.3. The average Bonchev–Trinajstić information content (AvgIpc) is 1.62. The Morgan fingerprint density at radius 2 is 0.847 bits per heavy atom. The number of carbonyl (C=O) groups is 4. The van der Waals surface area contributed by atoms with Gasteiger partial charge in [0.25, 0.3) is 5.91 Å². The molecular weight excluding hydrogens is 1630 g/mol. The number of carbonyl (C=O) groups excluding carboxylic acids is 4. The van der Waals surface area contributed by atoms with Crippen LogP contribution in [0.15, 0.2) is 164 Å². The molecule has 8 aromatic carbocycles. The number of H-pyrrole nitrogens is 8. The third-order valence-corrected chi connectivity index (χ3v) is 18.9. The summed E-state index contributed by atoms with van der Waals surface area (Å²) in [5.41, 5.74) is 9.93. The maximum absolute atomic E-state index is 14.1. The smallest absolute Gasteiger partial charge is 0.416 e. The van der Waals surface area contributed by atoms with Crippen molar-refractivity contribution in [2.75, 3.05) is 101 Å². The van der Waals surface area contributed by atoms with Crippen molar-refractivity contribution in [2.45, 2.75) is 26.2 Å². The Labute approximate surface area is 696 Å². The number of fused-ring (bicyclic) bond motifs is 4. The lowest BCUT2D eigenvalue weighted by molar-refractivity contribution is -0.137. The van der Waals surface area contributed by atoms with Crippen LogP contribution in [0.2, 0.25) is 0 Å². The predicted molar refractivity (Wildman–Crippen MR) is 445 cm³/mol. The van der Waals surface area contributed by atoms with Gasteiger partial charge in [0.15, 0.2) is 57.8 Å². The van der Waals surface area contributed by atoms with Gasteiger partial charge in [-0.25, -0.2) is 51.9 Å². The van der Waals surface area contributed by atoms with Gasteiger partial charge < -0.3 is 90.3 Å². The molecule has 0 atom stereocenters. The first kappa shape index (κ1) is 84.4. The summed E-state index contributed by atoms with van der Waals surface area (Å²) in [7, 11) is 9.30. The number of methoxy groups -OCH3 is 6. The first-order chi connectivity index (χ1) is 59.9. The van der Waals surface area contributed by atoms with Crippen molar-refractivity contribution in [1.82, 2.24) is 90.9 Å². The van der Waals surface area contributed by atoms with E-state index in [1.807, 2.05) is 49.4 Å². The van der Waals surface area contributed by atoms with Crippen LogP contribution >= 0.6 is 0 Å². The molecule has 1 saturated heterocycles. The molecule has 0 radical (unpaired) electrons. The summed E-state index contributed by atoms with van der Waals surface area (Å²) in [6.07, 6.45) is 0.925. The van der Waals surface area contributed by atoms with Crippen LogP contribution in [0.4, 0.5) is 79.2 Å². The van der Waals surface area contributed by atoms with Gasteiger partial charge in [-0.2, -0.15) is 33.6 Å². The van der Waals surface area contributed by atoms with Crippen LogP contribution in [-0.4, -0.2) is 179 Å². The van der Waals surface area contributed by atoms with E-state index in [2.05, 4.69) is 123 Å². The number of urea groups is 3. The van der Waals surface area contributed by atoms with Crippen molar-refractivity contribution in [3.05, 3.63) is 215 Å². The van der Waals surface area contributed by atoms with Crippen LogP contribution in [0.5, 0.6) is 34.5 Å². The van der Waals surface area contributed by atoms with Gasteiger partial charge in [0.05, 0.1) is 159 Å². The fraction of sp³-hybridized carbons (Fsp3) is 0.171. The molecule has 9 heterocycles. The molecule has 0 aliphatic carbocycles. The van der Waals surface area contributed by atoms with Crippen molar-refractivity contribution in [1.29, 1.82) is 0 Å². The molecule has 7 amide bonds. The summed E-state index contributed by atoms with van der Waals surface area (Å²) in [6.45, 7) is 6.13. The van der Waals surface area contributed by atoms with E-state index in [1.165, 1.54) is 57.2 Å². The number of rotatable bonds is 21. The zero-order valence-electron chi connectivity index (χ0n) is 66.5. The second-order valence-corrected chi connectivity index (χ2v) is 27.1. The molecule has 0 saturated carbocycles. The number of alkyl halides is 3. The number of aryl methyl sites for hydroxylation is 1. The summed E-state index contributed by atoms with van der Waals surface area (Å²) in [4.78, 5) is 82.5. The SMILES string of the molecule is COc1cc2nc(-c3[nH]ncc3NC(=O)NCc3ccc(F)cc3)[nH]c2cc1OC.COc1cc2nc(-c3[nH]ncc3NC(=O)Nc3c(F)cccc3F)[nH]c2cc1OC.COc1cc2nc(-c3[nH]ncc3NC(=O)Nc3ccc(C)cc3)[nH]c2cc1OC.O=C(Nc1cn[nH]c1-c1nc2ccc(CN3CCOCC3)cc2[nH]1)c1cc(C(F)(F)F)ccc1F. The minimum absolute atomic E-state index is 0.138. The van der Waals surface area contributed by atoms with E-state index in [9.17, 15) is 49.9 Å². The second kappa shape index (κ2) is 37.5. The number of hydrogen-bond acceptors (Lipinski definition) is 20. The molecule has 638 valence electrons. The number of benzene rings is 8. The number of ether oxygens (including phenoxy) is 7. The Balaban J connectivity index is 0.000000135. The maximum Gasteiger partial charge on any atom is 0.416 e. The molecule has 1 aliphatic rings. The van der Waals surface area contributed by atoms with Gasteiger partial charge in [-0.1, -0.05) is 42.0 Å². The highest BCUT2D eigenvalue weighted by Crippen LogP contribution is 2.39. The highest BCUT2D eigenvalue weighted by atomic mass is 19.4. The van der Waals surface area contributed by atoms with E-state index < -0.39 is 58.4 Å². The molecule has 1 aliphatic heterocycles. The van der Waals surface area contributed by atoms with Gasteiger partial charge in [0.2, 0.25) is 0 Å². The summed E-state index contributed by atoms with van der Waals surface area (Å²) < 4.78 is 131. The standard InChI is InChI=1S/C23H20F4N6O2.C20H19FN6O3.C20H20N6O3.C19H16F2N6O3/c24-16-3-2-14(23(25,26)27)10-15(16)22(34)31-19-11-28-32-20(19)21-29-17-4-1-13(9-18(17)30-21)12-33-5-7-35-8-6-33;1-29-16-7-13-14(8-17(16)30-2)25-19(24-13)18-15(10-23-27-18)26-20(28)22-9-11-3-5-12(21)6-4-11;1-11-4-6-12(7-5-11)22-20(27)25-15-10-21-26-18(15)19-23-13-8-16(28-2)17(29-3)9-14(13)24-19;1-29-14-6-11-12(7-15(14)30-2)24-18(23-11)17-13(8-22-27-17)25-19(28)26-16-9(20)4-3-5-10(16)21/h1-4,9-11H,5-8,12H2,(H,28,32)(H,29,30)(H,31,34);3-8,10H,9H2,1-2H3,(H,23,27)(H,24,25)(H2,22,26,28);4-10H,1-3H3,(H,21,26)(H,23,24)(H2,22,25,27);3-8H,1-2H3,(H,22,27)(H,23,24)(H2,25,26,28). The number of nitrogens with one attached hydrogen (secondary N) is 15. The number of aromatic amines is 8. The molecule has 0 bridgehead atoms. The molecular formula is C82H75F7N24O11. The van der Waals surface area contributed by atoms with Gasteiger partial charge in [-0.3, -0.25) is 30.1 Å². The van der Waals surface area contributed by atoms with Gasteiger partial charge >= 0.3 is 24.3 Å². The second-order valence-electron chi connectivity index (χ2n) is 27.1. The number of morpholine rings is 1. The van der Waals surface area contributed by atoms with Crippen LogP contribution in [0.3, 0.4) is 0 Å². The van der Waals surface area contributed by atoms with Crippen LogP contribution in [-0.2, 0) is 24.0 Å². The summed E-state index contributed by atoms with van der Waals surface area (Å²) in [5, 5.41) is 45.1. The Kier molecular flexibility index (Phi) is 25.5. The number of imidazole rings is 4. The van der Waals surface area contributed by atoms with Crippen LogP contribution in [0.1, 0.15) is 32.6 Å². The molecule has 124 heavy (non-hydrogen) atoms. The normalized spacial score (nSPS) is 12.0. The molecule has 1 fully saturated rings. The third kappa shape index (κ3) is 19.8. The first-order valence-electron chi connectivity index (χ1n) is 37.3. The Morgan fingerprint density at radius 1 is 0.435 bits per heavy atom. The monoisotopic (exact) mass is 1700 g/mol. The molecule has 16 aromatic rings. The Hall–Kier alpha value is -16.0. The van der Waals surface area contributed by atoms with Crippen molar-refractivity contribution < 1.29 is 83.1 Å². The summed E-state index contributed by atoms with van der Waals surface area (Å²) in [5.74, 6) is 0.881. The lowest BCUT2D eigenvalue weighted by atomic mass is 10.1. The molecule has 17 rings (SSSR count). The molecule has 0 spiro atoms. The van der Waals surface area contributed by atoms with Gasteiger partial charge in [-0.15, -0.1) is 0 Å². The highest BCUT2D eigenvalue weighted by molar-refractivity contribution is 6.07. The van der Waals surface area contributed by atoms with Gasteiger partial charge in [0.1, 0.15) is 51.7 Å². The number of nitrogens with zero attached hydrogens (tertiary/aromatic N) is 9.